The molecule has 1 N–H and O–H groups in total. The molecular formula is C30H32ClN5O4S. The Morgan fingerprint density at radius 2 is 1.85 bits per heavy atom. The number of hydrogen-bond acceptors (Lipinski definition) is 7. The van der Waals surface area contributed by atoms with E-state index in [-0.39, 0.29) is 27.8 Å². The van der Waals surface area contributed by atoms with Crippen LogP contribution in [0.15, 0.2) is 76.9 Å². The molecule has 1 fully saturated rings. The predicted octanol–water partition coefficient (Wildman–Crippen LogP) is 6.77. The van der Waals surface area contributed by atoms with Gasteiger partial charge in [0.1, 0.15) is 5.60 Å². The third-order valence-corrected chi connectivity index (χ3v) is 8.77. The standard InChI is InChI=1S/C30H32ClN5O4S/c1-30(2,3)40-29(37)34-21-11-9-10-20(16-21)17-32-28-33-18-25(31)27(35-28)24-19-36(26-15-8-7-14-23(24)26)41(38,39)22-12-5-4-6-13-22/h4-8,12-15,17-21H,9-11,16H2,1-3H3,(H,34,37)/b32-17+/t20?,21-/m0/s1. The van der Waals surface area contributed by atoms with Crippen LogP contribution in [0.2, 0.25) is 5.02 Å². The van der Waals surface area contributed by atoms with E-state index in [2.05, 4.69) is 20.3 Å². The minimum absolute atomic E-state index is 0.00515. The molecule has 1 aliphatic carbocycles. The highest BCUT2D eigenvalue weighted by Crippen LogP contribution is 2.36. The van der Waals surface area contributed by atoms with Crippen LogP contribution in [-0.2, 0) is 14.8 Å². The number of hydrogen-bond donors (Lipinski definition) is 1. The number of amides is 1. The van der Waals surface area contributed by atoms with Crippen molar-refractivity contribution in [2.24, 2.45) is 10.9 Å². The first-order valence-corrected chi connectivity index (χ1v) is 15.3. The lowest BCUT2D eigenvalue weighted by Gasteiger charge is -2.29. The van der Waals surface area contributed by atoms with E-state index in [0.29, 0.717) is 22.2 Å². The molecule has 214 valence electrons. The molecule has 1 saturated carbocycles. The van der Waals surface area contributed by atoms with Crippen molar-refractivity contribution in [3.63, 3.8) is 0 Å². The summed E-state index contributed by atoms with van der Waals surface area (Å²) in [5.41, 5.74) is 0.904. The van der Waals surface area contributed by atoms with E-state index in [9.17, 15) is 13.2 Å². The summed E-state index contributed by atoms with van der Waals surface area (Å²) >= 11 is 6.55. The molecule has 0 aliphatic heterocycles. The lowest BCUT2D eigenvalue weighted by Crippen LogP contribution is -2.41. The SMILES string of the molecule is CC(C)(C)OC(=O)N[C@H]1CCCC(/C=N/c2ncc(Cl)c(-c3cn(S(=O)(=O)c4ccccc4)c4ccccc34)n2)C1. The lowest BCUT2D eigenvalue weighted by molar-refractivity contribution is 0.0490. The largest absolute Gasteiger partial charge is 0.444 e. The van der Waals surface area contributed by atoms with Gasteiger partial charge in [-0.05, 0) is 64.2 Å². The highest BCUT2D eigenvalue weighted by molar-refractivity contribution is 7.90. The number of aromatic nitrogens is 3. The molecule has 2 atom stereocenters. The molecule has 2 aromatic heterocycles. The van der Waals surface area contributed by atoms with Crippen molar-refractivity contribution in [2.45, 2.75) is 63.0 Å². The zero-order valence-electron chi connectivity index (χ0n) is 23.1. The Bertz CT molecular complexity index is 1700. The Morgan fingerprint density at radius 1 is 1.12 bits per heavy atom. The van der Waals surface area contributed by atoms with Gasteiger partial charge >= 0.3 is 6.09 Å². The van der Waals surface area contributed by atoms with E-state index in [1.54, 1.807) is 48.7 Å². The number of alkyl carbamates (subject to hydrolysis) is 1. The first-order valence-electron chi connectivity index (χ1n) is 13.5. The van der Waals surface area contributed by atoms with Crippen LogP contribution in [0.4, 0.5) is 10.7 Å². The van der Waals surface area contributed by atoms with Crippen molar-refractivity contribution >= 4 is 50.8 Å². The summed E-state index contributed by atoms with van der Waals surface area (Å²) in [7, 11) is -3.86. The molecule has 4 aromatic rings. The number of benzene rings is 2. The normalized spacial score (nSPS) is 18.0. The fourth-order valence-electron chi connectivity index (χ4n) is 4.99. The molecule has 5 rings (SSSR count). The van der Waals surface area contributed by atoms with Gasteiger partial charge < -0.3 is 10.1 Å². The lowest BCUT2D eigenvalue weighted by atomic mass is 9.86. The second-order valence-corrected chi connectivity index (χ2v) is 13.3. The highest BCUT2D eigenvalue weighted by Gasteiger charge is 2.26. The number of halogens is 1. The van der Waals surface area contributed by atoms with Crippen molar-refractivity contribution in [1.82, 2.24) is 19.3 Å². The number of carbonyl (C=O) groups excluding carboxylic acids is 1. The third-order valence-electron chi connectivity index (χ3n) is 6.80. The van der Waals surface area contributed by atoms with Crippen LogP contribution in [0.25, 0.3) is 22.2 Å². The first-order chi connectivity index (χ1) is 19.5. The maximum atomic E-state index is 13.5. The monoisotopic (exact) mass is 593 g/mol. The summed E-state index contributed by atoms with van der Waals surface area (Å²) in [6.45, 7) is 5.51. The molecule has 11 heteroatoms. The van der Waals surface area contributed by atoms with Gasteiger partial charge in [0.25, 0.3) is 10.0 Å². The average molecular weight is 594 g/mol. The van der Waals surface area contributed by atoms with E-state index in [1.807, 2.05) is 39.1 Å². The number of rotatable bonds is 6. The molecule has 2 heterocycles. The highest BCUT2D eigenvalue weighted by atomic mass is 35.5. The average Bonchev–Trinajstić information content (AvgIpc) is 3.33. The molecule has 1 amide bonds. The third kappa shape index (κ3) is 6.60. The molecule has 41 heavy (non-hydrogen) atoms. The number of nitrogens with zero attached hydrogens (tertiary/aromatic N) is 4. The van der Waals surface area contributed by atoms with Gasteiger partial charge in [-0.1, -0.05) is 54.4 Å². The van der Waals surface area contributed by atoms with Gasteiger partial charge in [0.2, 0.25) is 5.95 Å². The fourth-order valence-corrected chi connectivity index (χ4v) is 6.58. The minimum atomic E-state index is -3.86. The van der Waals surface area contributed by atoms with Crippen molar-refractivity contribution in [3.05, 3.63) is 72.0 Å². The molecule has 9 nitrogen and oxygen atoms in total. The Kier molecular flexibility index (Phi) is 8.15. The van der Waals surface area contributed by atoms with Crippen molar-refractivity contribution in [2.75, 3.05) is 0 Å². The first kappa shape index (κ1) is 28.8. The molecule has 0 bridgehead atoms. The quantitative estimate of drug-likeness (QED) is 0.247. The van der Waals surface area contributed by atoms with Crippen molar-refractivity contribution < 1.29 is 17.9 Å². The molecule has 0 radical (unpaired) electrons. The number of fused-ring (bicyclic) bond motifs is 1. The van der Waals surface area contributed by atoms with E-state index < -0.39 is 21.7 Å². The minimum Gasteiger partial charge on any atom is -0.444 e. The molecule has 1 unspecified atom stereocenters. The molecule has 0 spiro atoms. The van der Waals surface area contributed by atoms with Crippen LogP contribution in [0.1, 0.15) is 46.5 Å². The zero-order chi connectivity index (χ0) is 29.2. The van der Waals surface area contributed by atoms with Crippen molar-refractivity contribution in [3.8, 4) is 11.3 Å². The molecule has 1 aliphatic rings. The second-order valence-electron chi connectivity index (χ2n) is 11.1. The Labute approximate surface area is 244 Å². The van der Waals surface area contributed by atoms with Crippen LogP contribution in [-0.4, -0.2) is 46.3 Å². The van der Waals surface area contributed by atoms with Gasteiger partial charge in [0.15, 0.2) is 0 Å². The molecule has 0 saturated heterocycles. The maximum Gasteiger partial charge on any atom is 0.407 e. The summed E-state index contributed by atoms with van der Waals surface area (Å²) in [6.07, 6.45) is 7.90. The Hall–Kier alpha value is -3.76. The van der Waals surface area contributed by atoms with E-state index in [0.717, 1.165) is 25.7 Å². The summed E-state index contributed by atoms with van der Waals surface area (Å²) < 4.78 is 33.7. The summed E-state index contributed by atoms with van der Waals surface area (Å²) in [6, 6.07) is 15.5. The van der Waals surface area contributed by atoms with Crippen LogP contribution in [0.3, 0.4) is 0 Å². The Balaban J connectivity index is 1.41. The van der Waals surface area contributed by atoms with Crippen LogP contribution in [0, 0.1) is 5.92 Å². The number of ether oxygens (including phenoxy) is 1. The van der Waals surface area contributed by atoms with Gasteiger partial charge in [-0.15, -0.1) is 0 Å². The van der Waals surface area contributed by atoms with Crippen LogP contribution >= 0.6 is 11.6 Å². The smallest absolute Gasteiger partial charge is 0.407 e. The number of nitrogens with one attached hydrogen (secondary N) is 1. The number of aliphatic imine (C=N–C) groups is 1. The fraction of sp³-hybridized carbons (Fsp3) is 0.333. The maximum absolute atomic E-state index is 13.5. The topological polar surface area (TPSA) is 116 Å². The van der Waals surface area contributed by atoms with Gasteiger partial charge in [0.05, 0.1) is 27.3 Å². The second kappa shape index (κ2) is 11.6. The van der Waals surface area contributed by atoms with Gasteiger partial charge in [0, 0.05) is 29.4 Å². The van der Waals surface area contributed by atoms with Gasteiger partial charge in [-0.2, -0.15) is 0 Å². The molecule has 2 aromatic carbocycles. The van der Waals surface area contributed by atoms with Crippen LogP contribution < -0.4 is 5.32 Å². The predicted molar refractivity (Wildman–Crippen MR) is 160 cm³/mol. The number of para-hydroxylation sites is 1. The summed E-state index contributed by atoms with van der Waals surface area (Å²) in [5, 5.41) is 3.93. The van der Waals surface area contributed by atoms with Gasteiger partial charge in [-0.25, -0.2) is 32.1 Å². The van der Waals surface area contributed by atoms with Crippen molar-refractivity contribution in [1.29, 1.82) is 0 Å². The summed E-state index contributed by atoms with van der Waals surface area (Å²) in [4.78, 5) is 25.8. The summed E-state index contributed by atoms with van der Waals surface area (Å²) in [5.74, 6) is 0.346. The number of carbonyl (C=O) groups is 1. The zero-order valence-corrected chi connectivity index (χ0v) is 24.7. The Morgan fingerprint density at radius 3 is 2.61 bits per heavy atom. The molecular weight excluding hydrogens is 562 g/mol. The van der Waals surface area contributed by atoms with Crippen LogP contribution in [0.5, 0.6) is 0 Å². The van der Waals surface area contributed by atoms with E-state index in [4.69, 9.17) is 16.3 Å². The van der Waals surface area contributed by atoms with E-state index in [1.165, 1.54) is 10.2 Å². The van der Waals surface area contributed by atoms with E-state index >= 15 is 0 Å². The van der Waals surface area contributed by atoms with Gasteiger partial charge in [-0.3, -0.25) is 0 Å².